The second-order valence-electron chi connectivity index (χ2n) is 7.69. The maximum Gasteiger partial charge on any atom is 0.416 e. The van der Waals surface area contributed by atoms with Gasteiger partial charge in [0.15, 0.2) is 0 Å². The van der Waals surface area contributed by atoms with E-state index >= 15 is 0 Å². The van der Waals surface area contributed by atoms with Gasteiger partial charge >= 0.3 is 6.18 Å². The molecule has 7 heteroatoms. The van der Waals surface area contributed by atoms with Gasteiger partial charge in [-0.15, -0.1) is 0 Å². The first kappa shape index (κ1) is 20.0. The second-order valence-corrected chi connectivity index (χ2v) is 7.69. The summed E-state index contributed by atoms with van der Waals surface area (Å²) in [6.07, 6.45) is -3.32. The SMILES string of the molecule is CC(C)CC(C)(C)CNc1cc(-c2ccc(C(F)(F)F)cc2)nc(N)n1. The van der Waals surface area contributed by atoms with E-state index in [9.17, 15) is 13.2 Å². The third kappa shape index (κ3) is 5.61. The lowest BCUT2D eigenvalue weighted by molar-refractivity contribution is -0.137. The van der Waals surface area contributed by atoms with E-state index in [1.807, 2.05) is 0 Å². The first-order chi connectivity index (χ1) is 12.0. The van der Waals surface area contributed by atoms with Crippen LogP contribution in [0.4, 0.5) is 24.9 Å². The van der Waals surface area contributed by atoms with Crippen molar-refractivity contribution in [3.8, 4) is 11.3 Å². The number of anilines is 2. The van der Waals surface area contributed by atoms with Crippen LogP contribution in [0.2, 0.25) is 0 Å². The number of nitrogen functional groups attached to an aromatic ring is 1. The molecule has 4 nitrogen and oxygen atoms in total. The number of nitrogens with one attached hydrogen (secondary N) is 1. The molecule has 0 bridgehead atoms. The maximum atomic E-state index is 12.7. The number of rotatable bonds is 6. The molecule has 0 amide bonds. The van der Waals surface area contributed by atoms with E-state index in [4.69, 9.17) is 5.73 Å². The molecule has 0 aliphatic carbocycles. The zero-order valence-electron chi connectivity index (χ0n) is 15.5. The fourth-order valence-electron chi connectivity index (χ4n) is 3.04. The first-order valence-corrected chi connectivity index (χ1v) is 8.52. The molecule has 0 atom stereocenters. The van der Waals surface area contributed by atoms with E-state index in [1.165, 1.54) is 12.1 Å². The highest BCUT2D eigenvalue weighted by atomic mass is 19.4. The van der Waals surface area contributed by atoms with E-state index in [1.54, 1.807) is 6.07 Å². The van der Waals surface area contributed by atoms with Crippen molar-refractivity contribution in [1.29, 1.82) is 0 Å². The summed E-state index contributed by atoms with van der Waals surface area (Å²) in [7, 11) is 0. The summed E-state index contributed by atoms with van der Waals surface area (Å²) in [6.45, 7) is 9.39. The van der Waals surface area contributed by atoms with Crippen LogP contribution in [0, 0.1) is 11.3 Å². The van der Waals surface area contributed by atoms with Crippen LogP contribution >= 0.6 is 0 Å². The molecule has 26 heavy (non-hydrogen) atoms. The monoisotopic (exact) mass is 366 g/mol. The van der Waals surface area contributed by atoms with Gasteiger partial charge in [-0.2, -0.15) is 18.2 Å². The van der Waals surface area contributed by atoms with Crippen molar-refractivity contribution < 1.29 is 13.2 Å². The Morgan fingerprint density at radius 1 is 1.08 bits per heavy atom. The van der Waals surface area contributed by atoms with Gasteiger partial charge < -0.3 is 11.1 Å². The van der Waals surface area contributed by atoms with Gasteiger partial charge in [0.25, 0.3) is 0 Å². The molecule has 0 aliphatic heterocycles. The average molecular weight is 366 g/mol. The van der Waals surface area contributed by atoms with E-state index < -0.39 is 11.7 Å². The topological polar surface area (TPSA) is 63.8 Å². The molecule has 0 saturated carbocycles. The molecule has 0 radical (unpaired) electrons. The summed E-state index contributed by atoms with van der Waals surface area (Å²) in [6, 6.07) is 6.54. The summed E-state index contributed by atoms with van der Waals surface area (Å²) in [5.41, 5.74) is 6.18. The predicted octanol–water partition coefficient (Wildman–Crippen LogP) is 5.23. The maximum absolute atomic E-state index is 12.7. The molecule has 142 valence electrons. The predicted molar refractivity (Wildman–Crippen MR) is 98.6 cm³/mol. The van der Waals surface area contributed by atoms with Gasteiger partial charge in [-0.3, -0.25) is 0 Å². The van der Waals surface area contributed by atoms with E-state index in [2.05, 4.69) is 43.0 Å². The summed E-state index contributed by atoms with van der Waals surface area (Å²) in [5, 5.41) is 3.27. The van der Waals surface area contributed by atoms with Gasteiger partial charge in [0.05, 0.1) is 11.3 Å². The Labute approximate surface area is 152 Å². The second kappa shape index (κ2) is 7.51. The minimum absolute atomic E-state index is 0.0718. The highest BCUT2D eigenvalue weighted by Crippen LogP contribution is 2.31. The number of hydrogen-bond acceptors (Lipinski definition) is 4. The van der Waals surface area contributed by atoms with Gasteiger partial charge in [-0.25, -0.2) is 4.98 Å². The number of hydrogen-bond donors (Lipinski definition) is 2. The van der Waals surface area contributed by atoms with Crippen LogP contribution in [0.15, 0.2) is 30.3 Å². The van der Waals surface area contributed by atoms with Crippen LogP contribution in [-0.4, -0.2) is 16.5 Å². The molecule has 1 heterocycles. The van der Waals surface area contributed by atoms with Crippen LogP contribution in [0.25, 0.3) is 11.3 Å². The van der Waals surface area contributed by atoms with E-state index in [0.29, 0.717) is 29.5 Å². The highest BCUT2D eigenvalue weighted by molar-refractivity contribution is 5.64. The number of nitrogens with zero attached hydrogens (tertiary/aromatic N) is 2. The largest absolute Gasteiger partial charge is 0.416 e. The molecule has 0 aliphatic rings. The summed E-state index contributed by atoms with van der Waals surface area (Å²) < 4.78 is 38.1. The van der Waals surface area contributed by atoms with Crippen molar-refractivity contribution in [2.75, 3.05) is 17.6 Å². The lowest BCUT2D eigenvalue weighted by atomic mass is 9.84. The quantitative estimate of drug-likeness (QED) is 0.735. The van der Waals surface area contributed by atoms with Crippen molar-refractivity contribution in [3.63, 3.8) is 0 Å². The van der Waals surface area contributed by atoms with Gasteiger partial charge in [0, 0.05) is 18.2 Å². The Kier molecular flexibility index (Phi) is 5.78. The third-order valence-electron chi connectivity index (χ3n) is 3.96. The molecule has 0 unspecified atom stereocenters. The minimum Gasteiger partial charge on any atom is -0.369 e. The molecule has 2 rings (SSSR count). The Hall–Kier alpha value is -2.31. The number of alkyl halides is 3. The Morgan fingerprint density at radius 3 is 2.23 bits per heavy atom. The normalized spacial score (nSPS) is 12.5. The van der Waals surface area contributed by atoms with Gasteiger partial charge in [-0.1, -0.05) is 39.8 Å². The first-order valence-electron chi connectivity index (χ1n) is 8.52. The fraction of sp³-hybridized carbons (Fsp3) is 0.474. The molecule has 1 aromatic carbocycles. The average Bonchev–Trinajstić information content (AvgIpc) is 2.51. The van der Waals surface area contributed by atoms with E-state index in [0.717, 1.165) is 18.6 Å². The third-order valence-corrected chi connectivity index (χ3v) is 3.96. The molecule has 3 N–H and O–H groups in total. The van der Waals surface area contributed by atoms with Crippen LogP contribution in [0.5, 0.6) is 0 Å². The zero-order valence-corrected chi connectivity index (χ0v) is 15.5. The van der Waals surface area contributed by atoms with Crippen LogP contribution in [0.1, 0.15) is 39.7 Å². The number of aromatic nitrogens is 2. The van der Waals surface area contributed by atoms with Crippen molar-refractivity contribution in [1.82, 2.24) is 9.97 Å². The fourth-order valence-corrected chi connectivity index (χ4v) is 3.04. The van der Waals surface area contributed by atoms with Crippen molar-refractivity contribution in [2.24, 2.45) is 11.3 Å². The molecule has 2 aromatic rings. The van der Waals surface area contributed by atoms with Crippen molar-refractivity contribution in [2.45, 2.75) is 40.3 Å². The number of nitrogens with two attached hydrogens (primary N) is 1. The standard InChI is InChI=1S/C19H25F3N4/c1-12(2)10-18(3,4)11-24-16-9-15(25-17(23)26-16)13-5-7-14(8-6-13)19(20,21)22/h5-9,12H,10-11H2,1-4H3,(H3,23,24,25,26). The molecular weight excluding hydrogens is 341 g/mol. The van der Waals surface area contributed by atoms with Gasteiger partial charge in [0.1, 0.15) is 5.82 Å². The summed E-state index contributed by atoms with van der Waals surface area (Å²) in [4.78, 5) is 8.31. The lowest BCUT2D eigenvalue weighted by Crippen LogP contribution is -2.25. The molecule has 0 fully saturated rings. The number of halogens is 3. The smallest absolute Gasteiger partial charge is 0.369 e. The van der Waals surface area contributed by atoms with Crippen LogP contribution in [0.3, 0.4) is 0 Å². The molecule has 0 saturated heterocycles. The molecule has 1 aromatic heterocycles. The Morgan fingerprint density at radius 2 is 1.69 bits per heavy atom. The van der Waals surface area contributed by atoms with Crippen LogP contribution < -0.4 is 11.1 Å². The zero-order chi connectivity index (χ0) is 19.5. The van der Waals surface area contributed by atoms with E-state index in [-0.39, 0.29) is 11.4 Å². The lowest BCUT2D eigenvalue weighted by Gasteiger charge is -2.27. The molecular formula is C19H25F3N4. The Balaban J connectivity index is 2.19. The van der Waals surface area contributed by atoms with Crippen LogP contribution in [-0.2, 0) is 6.18 Å². The Bertz CT molecular complexity index is 737. The summed E-state index contributed by atoms with van der Waals surface area (Å²) in [5.74, 6) is 1.21. The highest BCUT2D eigenvalue weighted by Gasteiger charge is 2.30. The summed E-state index contributed by atoms with van der Waals surface area (Å²) >= 11 is 0. The van der Waals surface area contributed by atoms with Crippen molar-refractivity contribution >= 4 is 11.8 Å². The van der Waals surface area contributed by atoms with Gasteiger partial charge in [0.2, 0.25) is 5.95 Å². The van der Waals surface area contributed by atoms with Gasteiger partial charge in [-0.05, 0) is 29.9 Å². The van der Waals surface area contributed by atoms with Crippen molar-refractivity contribution in [3.05, 3.63) is 35.9 Å². The molecule has 0 spiro atoms. The number of benzene rings is 1. The minimum atomic E-state index is -4.36.